The Bertz CT molecular complexity index is 425. The van der Waals surface area contributed by atoms with Gasteiger partial charge in [0.25, 0.3) is 5.69 Å². The van der Waals surface area contributed by atoms with Crippen molar-refractivity contribution in [3.8, 4) is 5.75 Å². The van der Waals surface area contributed by atoms with Crippen LogP contribution < -0.4 is 5.32 Å². The first kappa shape index (κ1) is 13.5. The Labute approximate surface area is 103 Å². The molecule has 0 aromatic heterocycles. The monoisotopic (exact) mass is 260 g/mol. The summed E-state index contributed by atoms with van der Waals surface area (Å²) in [4.78, 5) is 10.1. The van der Waals surface area contributed by atoms with Crippen LogP contribution in [0.1, 0.15) is 13.3 Å². The first-order chi connectivity index (χ1) is 7.95. The number of anilines is 1. The molecule has 0 radical (unpaired) electrons. The Morgan fingerprint density at radius 2 is 2.24 bits per heavy atom. The average molecular weight is 261 g/mol. The minimum absolute atomic E-state index is 0.0177. The van der Waals surface area contributed by atoms with Crippen LogP contribution in [-0.4, -0.2) is 27.8 Å². The lowest BCUT2D eigenvalue weighted by Gasteiger charge is -2.11. The van der Waals surface area contributed by atoms with Gasteiger partial charge in [-0.25, -0.2) is 0 Å². The summed E-state index contributed by atoms with van der Waals surface area (Å²) in [6, 6.07) is 2.24. The Morgan fingerprint density at radius 1 is 1.59 bits per heavy atom. The fraction of sp³-hybridized carbons (Fsp3) is 0.400. The van der Waals surface area contributed by atoms with Gasteiger partial charge in [0.1, 0.15) is 11.4 Å². The van der Waals surface area contributed by atoms with Crippen LogP contribution in [0.15, 0.2) is 12.1 Å². The number of hydrogen-bond donors (Lipinski definition) is 3. The molecule has 3 N–H and O–H groups in total. The Morgan fingerprint density at radius 3 is 2.76 bits per heavy atom. The number of phenols is 1. The normalized spacial score (nSPS) is 12.2. The van der Waals surface area contributed by atoms with Crippen molar-refractivity contribution in [2.24, 2.45) is 0 Å². The molecule has 1 aromatic carbocycles. The number of phenolic OH excluding ortho intramolecular Hbond substituents is 1. The molecule has 6 nitrogen and oxygen atoms in total. The van der Waals surface area contributed by atoms with Crippen molar-refractivity contribution in [2.45, 2.75) is 19.4 Å². The molecule has 0 bridgehead atoms. The first-order valence-electron chi connectivity index (χ1n) is 5.04. The summed E-state index contributed by atoms with van der Waals surface area (Å²) in [6.45, 7) is 1.98. The van der Waals surface area contributed by atoms with Crippen LogP contribution in [0.2, 0.25) is 5.02 Å². The van der Waals surface area contributed by atoms with E-state index in [1.807, 2.05) is 0 Å². The third-order valence-electron chi connectivity index (χ3n) is 2.26. The van der Waals surface area contributed by atoms with E-state index in [2.05, 4.69) is 5.32 Å². The lowest BCUT2D eigenvalue weighted by molar-refractivity contribution is -0.384. The number of hydrogen-bond acceptors (Lipinski definition) is 5. The molecule has 1 aromatic rings. The first-order valence-corrected chi connectivity index (χ1v) is 5.42. The van der Waals surface area contributed by atoms with Crippen LogP contribution >= 0.6 is 11.6 Å². The van der Waals surface area contributed by atoms with E-state index in [0.29, 0.717) is 6.42 Å². The molecule has 0 fully saturated rings. The maximum atomic E-state index is 10.7. The van der Waals surface area contributed by atoms with Crippen molar-refractivity contribution < 1.29 is 15.1 Å². The van der Waals surface area contributed by atoms with Crippen molar-refractivity contribution in [3.63, 3.8) is 0 Å². The Balaban J connectivity index is 2.96. The molecule has 0 aliphatic rings. The topological polar surface area (TPSA) is 95.6 Å². The fourth-order valence-corrected chi connectivity index (χ4v) is 1.38. The van der Waals surface area contributed by atoms with Gasteiger partial charge >= 0.3 is 0 Å². The quantitative estimate of drug-likeness (QED) is 0.428. The predicted molar refractivity (Wildman–Crippen MR) is 64.6 cm³/mol. The summed E-state index contributed by atoms with van der Waals surface area (Å²) < 4.78 is 0. The van der Waals surface area contributed by atoms with Gasteiger partial charge in [0, 0.05) is 6.54 Å². The number of aromatic hydroxyl groups is 1. The summed E-state index contributed by atoms with van der Waals surface area (Å²) in [7, 11) is 0. The number of aliphatic hydroxyl groups excluding tert-OH is 1. The van der Waals surface area contributed by atoms with Gasteiger partial charge in [-0.05, 0) is 12.5 Å². The van der Waals surface area contributed by atoms with Crippen LogP contribution in [0.4, 0.5) is 11.4 Å². The van der Waals surface area contributed by atoms with E-state index in [1.165, 1.54) is 6.07 Å². The van der Waals surface area contributed by atoms with Crippen LogP contribution in [0, 0.1) is 10.1 Å². The SMILES string of the molecule is CCC(O)CNc1cc(Cl)c(O)cc1[N+](=O)[O-]. The molecule has 0 saturated heterocycles. The summed E-state index contributed by atoms with van der Waals surface area (Å²) in [5, 5.41) is 32.1. The molecular weight excluding hydrogens is 248 g/mol. The number of aliphatic hydroxyl groups is 1. The molecule has 0 saturated carbocycles. The highest BCUT2D eigenvalue weighted by Gasteiger charge is 2.17. The van der Waals surface area contributed by atoms with E-state index in [4.69, 9.17) is 11.6 Å². The lowest BCUT2D eigenvalue weighted by Crippen LogP contribution is -2.18. The third-order valence-corrected chi connectivity index (χ3v) is 2.56. The molecule has 1 unspecified atom stereocenters. The molecule has 1 rings (SSSR count). The van der Waals surface area contributed by atoms with Crippen LogP contribution in [0.3, 0.4) is 0 Å². The van der Waals surface area contributed by atoms with Gasteiger partial charge in [0.05, 0.1) is 22.1 Å². The molecular formula is C10H13ClN2O4. The minimum atomic E-state index is -0.628. The molecule has 0 aliphatic heterocycles. The highest BCUT2D eigenvalue weighted by molar-refractivity contribution is 6.32. The van der Waals surface area contributed by atoms with Gasteiger partial charge in [-0.1, -0.05) is 18.5 Å². The summed E-state index contributed by atoms with van der Waals surface area (Å²) in [5.41, 5.74) is -0.111. The van der Waals surface area contributed by atoms with E-state index >= 15 is 0 Å². The molecule has 0 aliphatic carbocycles. The number of nitrogens with one attached hydrogen (secondary N) is 1. The van der Waals surface area contributed by atoms with Crippen molar-refractivity contribution in [2.75, 3.05) is 11.9 Å². The van der Waals surface area contributed by atoms with Crippen molar-refractivity contribution in [3.05, 3.63) is 27.3 Å². The lowest BCUT2D eigenvalue weighted by atomic mass is 10.2. The number of halogens is 1. The van der Waals surface area contributed by atoms with Crippen molar-refractivity contribution in [1.29, 1.82) is 0 Å². The molecule has 0 heterocycles. The van der Waals surface area contributed by atoms with Crippen molar-refractivity contribution in [1.82, 2.24) is 0 Å². The van der Waals surface area contributed by atoms with Gasteiger partial charge < -0.3 is 15.5 Å². The molecule has 7 heteroatoms. The summed E-state index contributed by atoms with van der Waals surface area (Å²) in [6.07, 6.45) is -0.0609. The van der Waals surface area contributed by atoms with E-state index in [1.54, 1.807) is 6.92 Å². The van der Waals surface area contributed by atoms with E-state index in [0.717, 1.165) is 6.07 Å². The van der Waals surface area contributed by atoms with Gasteiger partial charge in [-0.3, -0.25) is 10.1 Å². The number of benzene rings is 1. The summed E-state index contributed by atoms with van der Waals surface area (Å²) >= 11 is 5.66. The molecule has 94 valence electrons. The number of rotatable bonds is 5. The van der Waals surface area contributed by atoms with Crippen molar-refractivity contribution >= 4 is 23.0 Å². The second-order valence-electron chi connectivity index (χ2n) is 3.52. The Hall–Kier alpha value is -1.53. The number of nitro benzene ring substituents is 1. The smallest absolute Gasteiger partial charge is 0.296 e. The Kier molecular flexibility index (Phi) is 4.53. The zero-order valence-corrected chi connectivity index (χ0v) is 9.94. The molecule has 0 amide bonds. The minimum Gasteiger partial charge on any atom is -0.506 e. The van der Waals surface area contributed by atoms with Gasteiger partial charge in [-0.15, -0.1) is 0 Å². The predicted octanol–water partition coefficient (Wildman–Crippen LogP) is 2.14. The van der Waals surface area contributed by atoms with Crippen LogP contribution in [-0.2, 0) is 0 Å². The average Bonchev–Trinajstić information content (AvgIpc) is 2.29. The fourth-order valence-electron chi connectivity index (χ4n) is 1.22. The van der Waals surface area contributed by atoms with E-state index in [-0.39, 0.29) is 28.7 Å². The second kappa shape index (κ2) is 5.70. The van der Waals surface area contributed by atoms with Crippen LogP contribution in [0.5, 0.6) is 5.75 Å². The highest BCUT2D eigenvalue weighted by Crippen LogP contribution is 2.34. The van der Waals surface area contributed by atoms with Gasteiger partial charge in [-0.2, -0.15) is 0 Å². The van der Waals surface area contributed by atoms with Crippen LogP contribution in [0.25, 0.3) is 0 Å². The van der Waals surface area contributed by atoms with Gasteiger partial charge in [0.15, 0.2) is 0 Å². The maximum absolute atomic E-state index is 10.7. The maximum Gasteiger partial charge on any atom is 0.296 e. The summed E-state index contributed by atoms with van der Waals surface area (Å²) in [5.74, 6) is -0.347. The van der Waals surface area contributed by atoms with Gasteiger partial charge in [0.2, 0.25) is 0 Å². The largest absolute Gasteiger partial charge is 0.506 e. The molecule has 1 atom stereocenters. The van der Waals surface area contributed by atoms with E-state index < -0.39 is 11.0 Å². The standard InChI is InChI=1S/C10H13ClN2O4/c1-2-6(14)5-12-8-3-7(11)10(15)4-9(8)13(16)17/h3-4,6,12,14-15H,2,5H2,1H3. The third kappa shape index (κ3) is 3.47. The highest BCUT2D eigenvalue weighted by atomic mass is 35.5. The zero-order valence-electron chi connectivity index (χ0n) is 9.18. The molecule has 17 heavy (non-hydrogen) atoms. The molecule has 0 spiro atoms. The zero-order chi connectivity index (χ0) is 13.0. The van der Waals surface area contributed by atoms with E-state index in [9.17, 15) is 20.3 Å². The second-order valence-corrected chi connectivity index (χ2v) is 3.93. The number of nitro groups is 1. The number of nitrogens with zero attached hydrogens (tertiary/aromatic N) is 1.